The number of fused-ring (bicyclic) bond motifs is 3. The quantitative estimate of drug-likeness (QED) is 0.145. The Balaban J connectivity index is 1.15. The number of ether oxygens (including phenoxy) is 2. The molecule has 2 aromatic carbocycles. The molecule has 8 rings (SSSR count). The van der Waals surface area contributed by atoms with Crippen LogP contribution in [0.2, 0.25) is 0 Å². The standard InChI is InChI=1S/C44H51FN6O7S2/c1-25(2)35-24-59-41(48-35)34-21-38(32-18-19-37(57-4)26(3)39(32)47-34)58-30-20-36-40(52)49-44(43(54)50-60(55,56)31-16-17-31)22-27(44)10-8-6-5-7-9-11-33(42(53)51(36)23-30)46-29-14-12-28(45)13-15-29/h8,10,12-15,18-19,21,24-25,27,30-31,33,36,46H,5-7,9,11,16-17,20,22-23H2,1-4H3,(H,49,52)(H,50,54)/t27-,30-,33+,36+,44-/m1/s1. The summed E-state index contributed by atoms with van der Waals surface area (Å²) in [5.41, 5.74) is 2.09. The van der Waals surface area contributed by atoms with Crippen LogP contribution in [0.3, 0.4) is 0 Å². The summed E-state index contributed by atoms with van der Waals surface area (Å²) in [6.45, 7) is 6.12. The number of anilines is 1. The van der Waals surface area contributed by atoms with Crippen LogP contribution in [0, 0.1) is 18.7 Å². The van der Waals surface area contributed by atoms with Gasteiger partial charge in [0.15, 0.2) is 0 Å². The van der Waals surface area contributed by atoms with Crippen molar-refractivity contribution in [1.82, 2.24) is 24.9 Å². The van der Waals surface area contributed by atoms with Gasteiger partial charge >= 0.3 is 0 Å². The van der Waals surface area contributed by atoms with Gasteiger partial charge in [0.25, 0.3) is 5.91 Å². The van der Waals surface area contributed by atoms with Gasteiger partial charge in [-0.1, -0.05) is 38.8 Å². The number of rotatable bonds is 10. The summed E-state index contributed by atoms with van der Waals surface area (Å²) in [5, 5.41) is 9.08. The number of nitrogens with one attached hydrogen (secondary N) is 3. The van der Waals surface area contributed by atoms with Gasteiger partial charge in [-0.05, 0) is 87.8 Å². The molecular weight excluding hydrogens is 808 g/mol. The number of thiazole rings is 1. The van der Waals surface area contributed by atoms with Crippen molar-refractivity contribution in [2.75, 3.05) is 19.0 Å². The summed E-state index contributed by atoms with van der Waals surface area (Å²) >= 11 is 1.49. The van der Waals surface area contributed by atoms with Crippen LogP contribution in [-0.4, -0.2) is 83.6 Å². The van der Waals surface area contributed by atoms with E-state index in [1.54, 1.807) is 19.2 Å². The molecule has 3 fully saturated rings. The Labute approximate surface area is 353 Å². The number of amides is 3. The summed E-state index contributed by atoms with van der Waals surface area (Å²) in [6, 6.07) is 9.53. The number of hydrogen-bond donors (Lipinski definition) is 3. The molecule has 4 aliphatic rings. The predicted octanol–water partition coefficient (Wildman–Crippen LogP) is 6.77. The second kappa shape index (κ2) is 16.8. The number of sulfonamides is 1. The maximum Gasteiger partial charge on any atom is 0.259 e. The zero-order chi connectivity index (χ0) is 42.3. The number of allylic oxidation sites excluding steroid dienone is 1. The van der Waals surface area contributed by atoms with E-state index >= 15 is 0 Å². The molecule has 0 unspecified atom stereocenters. The number of methoxy groups -OCH3 is 1. The van der Waals surface area contributed by atoms with Gasteiger partial charge in [-0.3, -0.25) is 19.1 Å². The van der Waals surface area contributed by atoms with Crippen LogP contribution in [-0.2, 0) is 24.4 Å². The van der Waals surface area contributed by atoms with Crippen molar-refractivity contribution < 1.29 is 36.7 Å². The number of carbonyl (C=O) groups excluding carboxylic acids is 3. The van der Waals surface area contributed by atoms with Crippen molar-refractivity contribution in [2.24, 2.45) is 5.92 Å². The molecule has 0 radical (unpaired) electrons. The van der Waals surface area contributed by atoms with Gasteiger partial charge < -0.3 is 25.0 Å². The smallest absolute Gasteiger partial charge is 0.259 e. The Morgan fingerprint density at radius 1 is 1.05 bits per heavy atom. The molecule has 318 valence electrons. The number of hydrogen-bond acceptors (Lipinski definition) is 11. The normalized spacial score (nSPS) is 24.9. The van der Waals surface area contributed by atoms with Crippen LogP contribution >= 0.6 is 11.3 Å². The van der Waals surface area contributed by atoms with Crippen molar-refractivity contribution in [3.05, 3.63) is 77.1 Å². The van der Waals surface area contributed by atoms with Crippen molar-refractivity contribution in [3.8, 4) is 22.2 Å². The Bertz CT molecular complexity index is 2440. The second-order valence-corrected chi connectivity index (χ2v) is 19.5. The van der Waals surface area contributed by atoms with Gasteiger partial charge in [0.1, 0.15) is 51.7 Å². The van der Waals surface area contributed by atoms with E-state index in [1.807, 2.05) is 42.7 Å². The molecule has 3 amide bonds. The van der Waals surface area contributed by atoms with Crippen LogP contribution in [0.1, 0.15) is 88.8 Å². The van der Waals surface area contributed by atoms with Gasteiger partial charge in [0.2, 0.25) is 21.8 Å². The maximum absolute atomic E-state index is 14.8. The van der Waals surface area contributed by atoms with Crippen LogP contribution in [0.5, 0.6) is 11.5 Å². The fourth-order valence-corrected chi connectivity index (χ4v) is 10.6. The Morgan fingerprint density at radius 3 is 2.55 bits per heavy atom. The van der Waals surface area contributed by atoms with Crippen molar-refractivity contribution >= 4 is 55.7 Å². The van der Waals surface area contributed by atoms with Crippen LogP contribution in [0.4, 0.5) is 10.1 Å². The van der Waals surface area contributed by atoms with E-state index in [0.29, 0.717) is 59.5 Å². The molecular formula is C44H51FN6O7S2. The molecule has 2 aromatic heterocycles. The Kier molecular flexibility index (Phi) is 11.6. The van der Waals surface area contributed by atoms with Crippen LogP contribution < -0.4 is 24.8 Å². The minimum atomic E-state index is -3.90. The zero-order valence-corrected chi connectivity index (χ0v) is 35.8. The van der Waals surface area contributed by atoms with Gasteiger partial charge in [0.05, 0.1) is 30.1 Å². The molecule has 4 heterocycles. The average molecular weight is 859 g/mol. The van der Waals surface area contributed by atoms with Crippen molar-refractivity contribution in [2.45, 2.75) is 113 Å². The zero-order valence-electron chi connectivity index (χ0n) is 34.2. The van der Waals surface area contributed by atoms with Crippen molar-refractivity contribution in [3.63, 3.8) is 0 Å². The largest absolute Gasteiger partial charge is 0.496 e. The van der Waals surface area contributed by atoms with Crippen LogP contribution in [0.25, 0.3) is 21.6 Å². The molecule has 3 N–H and O–H groups in total. The maximum atomic E-state index is 14.8. The third kappa shape index (κ3) is 8.58. The molecule has 1 saturated heterocycles. The molecule has 13 nitrogen and oxygen atoms in total. The summed E-state index contributed by atoms with van der Waals surface area (Å²) in [4.78, 5) is 54.7. The minimum Gasteiger partial charge on any atom is -0.496 e. The molecule has 2 aliphatic carbocycles. The minimum absolute atomic E-state index is 0.0418. The molecule has 2 aliphatic heterocycles. The first-order chi connectivity index (χ1) is 28.8. The third-order valence-electron chi connectivity index (χ3n) is 12.0. The van der Waals surface area contributed by atoms with E-state index in [-0.39, 0.29) is 31.2 Å². The topological polar surface area (TPSA) is 169 Å². The lowest BCUT2D eigenvalue weighted by Crippen LogP contribution is -2.57. The first-order valence-corrected chi connectivity index (χ1v) is 23.2. The molecule has 60 heavy (non-hydrogen) atoms. The molecule has 0 bridgehead atoms. The van der Waals surface area contributed by atoms with Gasteiger partial charge in [-0.25, -0.2) is 22.8 Å². The number of halogens is 1. The lowest BCUT2D eigenvalue weighted by atomic mass is 10.0. The monoisotopic (exact) mass is 858 g/mol. The van der Waals surface area contributed by atoms with Gasteiger partial charge in [0, 0.05) is 40.4 Å². The highest BCUT2D eigenvalue weighted by Gasteiger charge is 2.62. The molecule has 5 atom stereocenters. The van der Waals surface area contributed by atoms with E-state index < -0.39 is 62.5 Å². The van der Waals surface area contributed by atoms with Gasteiger partial charge in [-0.15, -0.1) is 11.3 Å². The lowest BCUT2D eigenvalue weighted by molar-refractivity contribution is -0.140. The number of pyridine rings is 1. The SMILES string of the molecule is COc1ccc2c(O[C@@H]3C[C@H]4C(=O)N[C@]5(C(=O)NS(=O)(=O)C6CC6)C[C@H]5C=CCCCCC[C@H](Nc5ccc(F)cc5)C(=O)N4C3)cc(-c3nc(C(C)C)cs3)nc2c1C. The molecule has 16 heteroatoms. The highest BCUT2D eigenvalue weighted by molar-refractivity contribution is 7.91. The molecule has 4 aromatic rings. The van der Waals surface area contributed by atoms with Crippen molar-refractivity contribution in [1.29, 1.82) is 0 Å². The average Bonchev–Trinajstić information content (AvgIpc) is 4.10. The lowest BCUT2D eigenvalue weighted by Gasteiger charge is -2.30. The summed E-state index contributed by atoms with van der Waals surface area (Å²) < 4.78 is 54.6. The van der Waals surface area contributed by atoms with E-state index in [9.17, 15) is 27.2 Å². The highest BCUT2D eigenvalue weighted by Crippen LogP contribution is 2.46. The van der Waals surface area contributed by atoms with E-state index in [2.05, 4.69) is 29.2 Å². The number of aryl methyl sites for hydroxylation is 1. The summed E-state index contributed by atoms with van der Waals surface area (Å²) in [7, 11) is -2.30. The first kappa shape index (κ1) is 41.6. The molecule has 0 spiro atoms. The number of aromatic nitrogens is 2. The fraction of sp³-hybridized carbons (Fsp3) is 0.477. The Hall–Kier alpha value is -5.09. The summed E-state index contributed by atoms with van der Waals surface area (Å²) in [5.74, 6) is -1.15. The highest BCUT2D eigenvalue weighted by atomic mass is 32.2. The van der Waals surface area contributed by atoms with E-state index in [0.717, 1.165) is 35.5 Å². The van der Waals surface area contributed by atoms with E-state index in [1.165, 1.54) is 28.4 Å². The summed E-state index contributed by atoms with van der Waals surface area (Å²) in [6.07, 6.45) is 7.99. The molecule has 2 saturated carbocycles. The number of carbonyl (C=O) groups is 3. The van der Waals surface area contributed by atoms with Gasteiger partial charge in [-0.2, -0.15) is 0 Å². The fourth-order valence-electron chi connectivity index (χ4n) is 8.25. The van der Waals surface area contributed by atoms with E-state index in [4.69, 9.17) is 19.4 Å². The Morgan fingerprint density at radius 2 is 1.83 bits per heavy atom. The third-order valence-corrected chi connectivity index (χ3v) is 14.7. The first-order valence-electron chi connectivity index (χ1n) is 20.7. The number of benzene rings is 2. The predicted molar refractivity (Wildman–Crippen MR) is 228 cm³/mol. The van der Waals surface area contributed by atoms with Crippen LogP contribution in [0.15, 0.2) is 60.0 Å². The second-order valence-electron chi connectivity index (χ2n) is 16.7. The number of nitrogens with zero attached hydrogens (tertiary/aromatic N) is 3.